The molecular weight excluding hydrogens is 108 g/mol. The SMILES string of the molecule is C=C(C)C=CCC(=C)C. The zero-order valence-corrected chi connectivity index (χ0v) is 6.28. The maximum absolute atomic E-state index is 3.77. The Bertz CT molecular complexity index is 138. The standard InChI is InChI=1S/C9H14/c1-8(2)6-5-7-9(3)4/h5-6H,1,3,7H2,2,4H3. The molecule has 0 atom stereocenters. The van der Waals surface area contributed by atoms with Crippen LogP contribution in [0.2, 0.25) is 0 Å². The first-order chi connectivity index (χ1) is 4.13. The van der Waals surface area contributed by atoms with Gasteiger partial charge in [-0.2, -0.15) is 0 Å². The third-order valence-corrected chi connectivity index (χ3v) is 0.869. The van der Waals surface area contributed by atoms with Crippen LogP contribution in [-0.4, -0.2) is 0 Å². The van der Waals surface area contributed by atoms with E-state index in [1.54, 1.807) is 0 Å². The third kappa shape index (κ3) is 7.22. The predicted molar refractivity (Wildman–Crippen MR) is 43.4 cm³/mol. The first-order valence-electron chi connectivity index (χ1n) is 3.09. The average Bonchev–Trinajstić information content (AvgIpc) is 1.63. The molecule has 0 fully saturated rings. The summed E-state index contributed by atoms with van der Waals surface area (Å²) in [6, 6.07) is 0. The molecule has 9 heavy (non-hydrogen) atoms. The van der Waals surface area contributed by atoms with Gasteiger partial charge in [-0.15, -0.1) is 0 Å². The lowest BCUT2D eigenvalue weighted by Crippen LogP contribution is -1.67. The van der Waals surface area contributed by atoms with Gasteiger partial charge in [-0.3, -0.25) is 0 Å². The van der Waals surface area contributed by atoms with Gasteiger partial charge < -0.3 is 0 Å². The van der Waals surface area contributed by atoms with Crippen LogP contribution in [0.5, 0.6) is 0 Å². The third-order valence-electron chi connectivity index (χ3n) is 0.869. The van der Waals surface area contributed by atoms with Gasteiger partial charge in [0.15, 0.2) is 0 Å². The van der Waals surface area contributed by atoms with Gasteiger partial charge >= 0.3 is 0 Å². The second-order valence-corrected chi connectivity index (χ2v) is 2.41. The Hall–Kier alpha value is -0.780. The molecular formula is C9H14. The van der Waals surface area contributed by atoms with Crippen LogP contribution < -0.4 is 0 Å². The van der Waals surface area contributed by atoms with Crippen LogP contribution in [0.4, 0.5) is 0 Å². The van der Waals surface area contributed by atoms with Gasteiger partial charge in [0.05, 0.1) is 0 Å². The highest BCUT2D eigenvalue weighted by atomic mass is 13.8. The number of rotatable bonds is 3. The molecule has 0 aliphatic carbocycles. The van der Waals surface area contributed by atoms with Crippen LogP contribution in [0.3, 0.4) is 0 Å². The van der Waals surface area contributed by atoms with Crippen molar-refractivity contribution in [2.75, 3.05) is 0 Å². The molecule has 0 radical (unpaired) electrons. The Morgan fingerprint density at radius 2 is 1.89 bits per heavy atom. The summed E-state index contributed by atoms with van der Waals surface area (Å²) in [6.45, 7) is 11.5. The summed E-state index contributed by atoms with van der Waals surface area (Å²) in [6.07, 6.45) is 5.05. The van der Waals surface area contributed by atoms with Crippen molar-refractivity contribution in [1.82, 2.24) is 0 Å². The van der Waals surface area contributed by atoms with Crippen LogP contribution in [-0.2, 0) is 0 Å². The predicted octanol–water partition coefficient (Wildman–Crippen LogP) is 3.08. The largest absolute Gasteiger partial charge is 0.0998 e. The fourth-order valence-corrected chi connectivity index (χ4v) is 0.461. The van der Waals surface area contributed by atoms with Crippen molar-refractivity contribution in [2.24, 2.45) is 0 Å². The Labute approximate surface area is 57.6 Å². The highest BCUT2D eigenvalue weighted by Gasteiger charge is 1.77. The molecule has 0 rings (SSSR count). The molecule has 0 aliphatic heterocycles. The van der Waals surface area contributed by atoms with E-state index in [4.69, 9.17) is 0 Å². The van der Waals surface area contributed by atoms with Crippen molar-refractivity contribution in [3.05, 3.63) is 36.5 Å². The normalized spacial score (nSPS) is 10.0. The van der Waals surface area contributed by atoms with Crippen molar-refractivity contribution in [3.63, 3.8) is 0 Å². The second kappa shape index (κ2) is 4.13. The second-order valence-electron chi connectivity index (χ2n) is 2.41. The molecule has 50 valence electrons. The van der Waals surface area contributed by atoms with Crippen LogP contribution in [0.25, 0.3) is 0 Å². The van der Waals surface area contributed by atoms with Crippen molar-refractivity contribution in [3.8, 4) is 0 Å². The fraction of sp³-hybridized carbons (Fsp3) is 0.333. The van der Waals surface area contributed by atoms with E-state index in [-0.39, 0.29) is 0 Å². The summed E-state index contributed by atoms with van der Waals surface area (Å²) in [5.41, 5.74) is 2.28. The van der Waals surface area contributed by atoms with E-state index in [1.807, 2.05) is 19.9 Å². The van der Waals surface area contributed by atoms with Crippen LogP contribution in [0, 0.1) is 0 Å². The highest BCUT2D eigenvalue weighted by molar-refractivity contribution is 5.13. The van der Waals surface area contributed by atoms with Gasteiger partial charge in [0.25, 0.3) is 0 Å². The summed E-state index contributed by atoms with van der Waals surface area (Å²) < 4.78 is 0. The molecule has 0 aromatic rings. The van der Waals surface area contributed by atoms with E-state index in [0.29, 0.717) is 0 Å². The van der Waals surface area contributed by atoms with E-state index in [2.05, 4.69) is 19.2 Å². The van der Waals surface area contributed by atoms with Gasteiger partial charge in [-0.1, -0.05) is 36.5 Å². The summed E-state index contributed by atoms with van der Waals surface area (Å²) in [4.78, 5) is 0. The van der Waals surface area contributed by atoms with Crippen molar-refractivity contribution in [2.45, 2.75) is 20.3 Å². The smallest absolute Gasteiger partial charge is 0.0141 e. The monoisotopic (exact) mass is 122 g/mol. The zero-order chi connectivity index (χ0) is 7.28. The molecule has 0 N–H and O–H groups in total. The minimum atomic E-state index is 0.965. The average molecular weight is 122 g/mol. The molecule has 0 unspecified atom stereocenters. The molecule has 0 bridgehead atoms. The van der Waals surface area contributed by atoms with Gasteiger partial charge in [0, 0.05) is 0 Å². The number of hydrogen-bond acceptors (Lipinski definition) is 0. The topological polar surface area (TPSA) is 0 Å². The van der Waals surface area contributed by atoms with Crippen LogP contribution in [0.1, 0.15) is 20.3 Å². The van der Waals surface area contributed by atoms with Crippen LogP contribution in [0.15, 0.2) is 36.5 Å². The molecule has 0 aliphatic rings. The zero-order valence-electron chi connectivity index (χ0n) is 6.28. The maximum Gasteiger partial charge on any atom is -0.0141 e. The summed E-state index contributed by atoms with van der Waals surface area (Å²) in [7, 11) is 0. The quantitative estimate of drug-likeness (QED) is 0.398. The first kappa shape index (κ1) is 8.22. The molecule has 0 amide bonds. The van der Waals surface area contributed by atoms with E-state index in [1.165, 1.54) is 5.57 Å². The lowest BCUT2D eigenvalue weighted by atomic mass is 10.2. The molecule has 0 saturated carbocycles. The maximum atomic E-state index is 3.77. The molecule has 0 heterocycles. The number of allylic oxidation sites excluding steroid dienone is 4. The Morgan fingerprint density at radius 1 is 1.33 bits per heavy atom. The fourth-order valence-electron chi connectivity index (χ4n) is 0.461. The minimum absolute atomic E-state index is 0.965. The first-order valence-corrected chi connectivity index (χ1v) is 3.09. The van der Waals surface area contributed by atoms with E-state index >= 15 is 0 Å². The summed E-state index contributed by atoms with van der Waals surface area (Å²) >= 11 is 0. The van der Waals surface area contributed by atoms with Crippen LogP contribution >= 0.6 is 0 Å². The van der Waals surface area contributed by atoms with E-state index < -0.39 is 0 Å². The molecule has 0 nitrogen and oxygen atoms in total. The van der Waals surface area contributed by atoms with Gasteiger partial charge in [0.2, 0.25) is 0 Å². The van der Waals surface area contributed by atoms with Gasteiger partial charge in [0.1, 0.15) is 0 Å². The summed E-state index contributed by atoms with van der Waals surface area (Å²) in [5.74, 6) is 0. The molecule has 0 spiro atoms. The van der Waals surface area contributed by atoms with Crippen molar-refractivity contribution < 1.29 is 0 Å². The van der Waals surface area contributed by atoms with E-state index in [9.17, 15) is 0 Å². The molecule has 0 saturated heterocycles. The molecule has 0 aromatic heterocycles. The van der Waals surface area contributed by atoms with Crippen molar-refractivity contribution in [1.29, 1.82) is 0 Å². The van der Waals surface area contributed by atoms with E-state index in [0.717, 1.165) is 12.0 Å². The lowest BCUT2D eigenvalue weighted by molar-refractivity contribution is 1.22. The Balaban J connectivity index is 3.48. The molecule has 0 aromatic carbocycles. The Morgan fingerprint density at radius 3 is 2.22 bits per heavy atom. The Kier molecular flexibility index (Phi) is 3.78. The summed E-state index contributed by atoms with van der Waals surface area (Å²) in [5, 5.41) is 0. The minimum Gasteiger partial charge on any atom is -0.0998 e. The highest BCUT2D eigenvalue weighted by Crippen LogP contribution is 1.98. The van der Waals surface area contributed by atoms with Gasteiger partial charge in [-0.05, 0) is 20.3 Å². The van der Waals surface area contributed by atoms with Gasteiger partial charge in [-0.25, -0.2) is 0 Å². The molecule has 0 heteroatoms. The number of hydrogen-bond donors (Lipinski definition) is 0. The van der Waals surface area contributed by atoms with Crippen molar-refractivity contribution >= 4 is 0 Å². The lowest BCUT2D eigenvalue weighted by Gasteiger charge is -1.88.